The molecule has 0 aliphatic rings. The predicted molar refractivity (Wildman–Crippen MR) is 68.6 cm³/mol. The highest BCUT2D eigenvalue weighted by Gasteiger charge is 2.07. The third kappa shape index (κ3) is 2.58. The maximum atomic E-state index is 2.86. The smallest absolute Gasteiger partial charge is 0.0193 e. The Balaban J connectivity index is 3.00. The van der Waals surface area contributed by atoms with Gasteiger partial charge in [0.05, 0.1) is 0 Å². The molecule has 1 aromatic rings. The van der Waals surface area contributed by atoms with Gasteiger partial charge < -0.3 is 0 Å². The van der Waals surface area contributed by atoms with Gasteiger partial charge in [-0.1, -0.05) is 45.9 Å². The zero-order valence-corrected chi connectivity index (χ0v) is 10.8. The molecule has 0 spiro atoms. The zero-order chi connectivity index (χ0) is 10.7. The molecule has 0 saturated carbocycles. The van der Waals surface area contributed by atoms with Crippen LogP contribution in [0, 0.1) is 0 Å². The van der Waals surface area contributed by atoms with E-state index in [9.17, 15) is 0 Å². The van der Waals surface area contributed by atoms with Crippen molar-refractivity contribution in [2.75, 3.05) is 0 Å². The maximum absolute atomic E-state index is 2.86. The minimum Gasteiger partial charge on any atom is -0.105 e. The highest BCUT2D eigenvalue weighted by Crippen LogP contribution is 2.21. The normalized spacial score (nSPS) is 13.3. The Kier molecular flexibility index (Phi) is 4.13. The molecule has 1 aromatic carbocycles. The third-order valence-electron chi connectivity index (χ3n) is 2.91. The average Bonchev–Trinajstić information content (AvgIpc) is 2.15. The van der Waals surface area contributed by atoms with Crippen molar-refractivity contribution < 1.29 is 0 Å². The zero-order valence-electron chi connectivity index (χ0n) is 9.67. The largest absolute Gasteiger partial charge is 0.105 e. The molecule has 0 saturated heterocycles. The Morgan fingerprint density at radius 3 is 2.29 bits per heavy atom. The van der Waals surface area contributed by atoms with E-state index in [1.54, 1.807) is 0 Å². The van der Waals surface area contributed by atoms with Crippen LogP contribution in [0.4, 0.5) is 0 Å². The standard InChI is InChI=1S/C13H21P/c1-5-10(4)11-6-7-12(9(2)3)13(14)8-11/h6-10H,5,14H2,1-4H3. The number of hydrogen-bond acceptors (Lipinski definition) is 0. The lowest BCUT2D eigenvalue weighted by Crippen LogP contribution is -2.06. The first-order valence-electron chi connectivity index (χ1n) is 5.45. The first-order chi connectivity index (χ1) is 6.56. The van der Waals surface area contributed by atoms with E-state index in [1.165, 1.54) is 22.9 Å². The van der Waals surface area contributed by atoms with Gasteiger partial charge >= 0.3 is 0 Å². The molecule has 1 rings (SSSR count). The van der Waals surface area contributed by atoms with Gasteiger partial charge in [0, 0.05) is 0 Å². The molecule has 1 heteroatoms. The molecular weight excluding hydrogens is 187 g/mol. The second-order valence-electron chi connectivity index (χ2n) is 4.35. The van der Waals surface area contributed by atoms with Crippen LogP contribution in [0.25, 0.3) is 0 Å². The molecule has 2 atom stereocenters. The molecule has 0 N–H and O–H groups in total. The van der Waals surface area contributed by atoms with Crippen LogP contribution in [-0.2, 0) is 0 Å². The second-order valence-corrected chi connectivity index (χ2v) is 4.97. The Hall–Kier alpha value is -0.350. The summed E-state index contributed by atoms with van der Waals surface area (Å²) >= 11 is 0. The lowest BCUT2D eigenvalue weighted by molar-refractivity contribution is 0.733. The summed E-state index contributed by atoms with van der Waals surface area (Å²) in [7, 11) is 2.86. The van der Waals surface area contributed by atoms with Gasteiger partial charge in [-0.3, -0.25) is 0 Å². The maximum Gasteiger partial charge on any atom is -0.0193 e. The van der Waals surface area contributed by atoms with Gasteiger partial charge in [-0.15, -0.1) is 9.24 Å². The molecule has 0 nitrogen and oxygen atoms in total. The summed E-state index contributed by atoms with van der Waals surface area (Å²) in [6.45, 7) is 9.01. The van der Waals surface area contributed by atoms with Gasteiger partial charge in [0.25, 0.3) is 0 Å². The Labute approximate surface area is 90.3 Å². The molecule has 0 radical (unpaired) electrons. The van der Waals surface area contributed by atoms with Crippen molar-refractivity contribution in [3.63, 3.8) is 0 Å². The molecule has 14 heavy (non-hydrogen) atoms. The number of hydrogen-bond donors (Lipinski definition) is 0. The van der Waals surface area contributed by atoms with Gasteiger partial charge in [-0.05, 0) is 34.7 Å². The lowest BCUT2D eigenvalue weighted by atomic mass is 9.95. The quantitative estimate of drug-likeness (QED) is 0.662. The molecule has 2 unspecified atom stereocenters. The SMILES string of the molecule is CCC(C)c1ccc(C(C)C)c(P)c1. The summed E-state index contributed by atoms with van der Waals surface area (Å²) in [5, 5.41) is 1.36. The Morgan fingerprint density at radius 1 is 1.21 bits per heavy atom. The third-order valence-corrected chi connectivity index (χ3v) is 3.41. The van der Waals surface area contributed by atoms with Crippen LogP contribution in [0.15, 0.2) is 18.2 Å². The van der Waals surface area contributed by atoms with Crippen LogP contribution < -0.4 is 5.30 Å². The minimum atomic E-state index is 0.619. The van der Waals surface area contributed by atoms with Crippen LogP contribution in [0.2, 0.25) is 0 Å². The highest BCUT2D eigenvalue weighted by atomic mass is 31.0. The van der Waals surface area contributed by atoms with Crippen LogP contribution in [-0.4, -0.2) is 0 Å². The lowest BCUT2D eigenvalue weighted by Gasteiger charge is -2.14. The summed E-state index contributed by atoms with van der Waals surface area (Å²) in [4.78, 5) is 0. The highest BCUT2D eigenvalue weighted by molar-refractivity contribution is 7.27. The van der Waals surface area contributed by atoms with Crippen molar-refractivity contribution in [2.24, 2.45) is 0 Å². The van der Waals surface area contributed by atoms with Crippen LogP contribution in [0.3, 0.4) is 0 Å². The summed E-state index contributed by atoms with van der Waals surface area (Å²) in [5.41, 5.74) is 2.91. The summed E-state index contributed by atoms with van der Waals surface area (Å²) in [6.07, 6.45) is 1.21. The van der Waals surface area contributed by atoms with E-state index < -0.39 is 0 Å². The molecule has 0 aliphatic carbocycles. The Morgan fingerprint density at radius 2 is 1.86 bits per heavy atom. The second kappa shape index (κ2) is 4.94. The molecule has 0 aromatic heterocycles. The van der Waals surface area contributed by atoms with Crippen molar-refractivity contribution in [3.8, 4) is 0 Å². The van der Waals surface area contributed by atoms with Crippen LogP contribution in [0.5, 0.6) is 0 Å². The molecule has 0 bridgehead atoms. The van der Waals surface area contributed by atoms with Crippen LogP contribution >= 0.6 is 9.24 Å². The fourth-order valence-corrected chi connectivity index (χ4v) is 2.28. The molecule has 0 fully saturated rings. The van der Waals surface area contributed by atoms with E-state index in [0.29, 0.717) is 11.8 Å². The predicted octanol–water partition coefficient (Wildman–Crippen LogP) is 3.82. The first kappa shape index (κ1) is 11.7. The van der Waals surface area contributed by atoms with Crippen molar-refractivity contribution in [2.45, 2.75) is 46.0 Å². The fourth-order valence-electron chi connectivity index (χ4n) is 1.66. The van der Waals surface area contributed by atoms with Gasteiger partial charge in [-0.25, -0.2) is 0 Å². The Bertz CT molecular complexity index is 302. The molecule has 0 heterocycles. The topological polar surface area (TPSA) is 0 Å². The molecule has 0 aliphatic heterocycles. The van der Waals surface area contributed by atoms with Crippen molar-refractivity contribution in [1.82, 2.24) is 0 Å². The average molecular weight is 208 g/mol. The number of benzene rings is 1. The summed E-state index contributed by atoms with van der Waals surface area (Å²) in [5.74, 6) is 1.30. The van der Waals surface area contributed by atoms with Crippen molar-refractivity contribution in [1.29, 1.82) is 0 Å². The van der Waals surface area contributed by atoms with E-state index in [4.69, 9.17) is 0 Å². The number of rotatable bonds is 3. The molecular formula is C13H21P. The molecule has 78 valence electrons. The van der Waals surface area contributed by atoms with Gasteiger partial charge in [0.2, 0.25) is 0 Å². The minimum absolute atomic E-state index is 0.619. The van der Waals surface area contributed by atoms with E-state index in [1.807, 2.05) is 0 Å². The van der Waals surface area contributed by atoms with E-state index in [2.05, 4.69) is 55.1 Å². The van der Waals surface area contributed by atoms with E-state index in [0.717, 1.165) is 0 Å². The molecule has 0 amide bonds. The van der Waals surface area contributed by atoms with Crippen LogP contribution in [0.1, 0.15) is 57.1 Å². The van der Waals surface area contributed by atoms with Gasteiger partial charge in [-0.2, -0.15) is 0 Å². The van der Waals surface area contributed by atoms with E-state index >= 15 is 0 Å². The van der Waals surface area contributed by atoms with Gasteiger partial charge in [0.15, 0.2) is 0 Å². The fraction of sp³-hybridized carbons (Fsp3) is 0.538. The summed E-state index contributed by atoms with van der Waals surface area (Å²) < 4.78 is 0. The van der Waals surface area contributed by atoms with E-state index in [-0.39, 0.29) is 0 Å². The first-order valence-corrected chi connectivity index (χ1v) is 6.03. The van der Waals surface area contributed by atoms with Crippen molar-refractivity contribution in [3.05, 3.63) is 29.3 Å². The van der Waals surface area contributed by atoms with Crippen molar-refractivity contribution >= 4 is 14.5 Å². The summed E-state index contributed by atoms with van der Waals surface area (Å²) in [6, 6.07) is 6.86. The monoisotopic (exact) mass is 208 g/mol. The van der Waals surface area contributed by atoms with Gasteiger partial charge in [0.1, 0.15) is 0 Å².